The number of rotatable bonds is 6. The number of unbranched alkanes of at least 4 members (excludes halogenated alkanes) is 1. The van der Waals surface area contributed by atoms with E-state index in [0.29, 0.717) is 6.54 Å². The monoisotopic (exact) mass is 283 g/mol. The lowest BCUT2D eigenvalue weighted by Crippen LogP contribution is -2.34. The molecule has 0 aromatic heterocycles. The summed E-state index contributed by atoms with van der Waals surface area (Å²) in [6, 6.07) is 6.69. The van der Waals surface area contributed by atoms with Crippen molar-refractivity contribution in [3.63, 3.8) is 0 Å². The van der Waals surface area contributed by atoms with E-state index in [0.717, 1.165) is 18.4 Å². The van der Waals surface area contributed by atoms with Crippen LogP contribution in [0, 0.1) is 6.92 Å². The van der Waals surface area contributed by atoms with Gasteiger partial charge in [0, 0.05) is 13.5 Å². The molecule has 0 atom stereocenters. The number of hydrogen-bond donors (Lipinski definition) is 0. The van der Waals surface area contributed by atoms with Crippen molar-refractivity contribution in [2.75, 3.05) is 12.4 Å². The molecular weight excluding hydrogens is 262 g/mol. The van der Waals surface area contributed by atoms with Crippen LogP contribution in [0.5, 0.6) is 0 Å². The smallest absolute Gasteiger partial charge is 0.220 e. The predicted octanol–water partition coefficient (Wildman–Crippen LogP) is 2.37. The molecule has 0 bridgehead atoms. The van der Waals surface area contributed by atoms with Crippen LogP contribution in [0.15, 0.2) is 29.2 Å². The van der Waals surface area contributed by atoms with Crippen LogP contribution in [-0.2, 0) is 14.6 Å². The van der Waals surface area contributed by atoms with Gasteiger partial charge in [-0.2, -0.15) is 0 Å². The van der Waals surface area contributed by atoms with E-state index in [4.69, 9.17) is 0 Å². The van der Waals surface area contributed by atoms with Gasteiger partial charge in [-0.3, -0.25) is 4.79 Å². The number of benzene rings is 1. The minimum absolute atomic E-state index is 0.205. The fourth-order valence-corrected chi connectivity index (χ4v) is 3.11. The highest BCUT2D eigenvalue weighted by molar-refractivity contribution is 7.91. The van der Waals surface area contributed by atoms with Gasteiger partial charge in [-0.05, 0) is 25.5 Å². The number of carbonyl (C=O) groups excluding carboxylic acids is 1. The zero-order valence-electron chi connectivity index (χ0n) is 11.7. The zero-order chi connectivity index (χ0) is 14.5. The second kappa shape index (κ2) is 6.70. The lowest BCUT2D eigenvalue weighted by atomic mass is 10.2. The molecule has 19 heavy (non-hydrogen) atoms. The number of amides is 1. The summed E-state index contributed by atoms with van der Waals surface area (Å²) in [6.07, 6.45) is 1.73. The second-order valence-electron chi connectivity index (χ2n) is 4.69. The van der Waals surface area contributed by atoms with E-state index in [1.807, 2.05) is 13.8 Å². The first-order chi connectivity index (χ1) is 8.86. The molecule has 1 rings (SSSR count). The van der Waals surface area contributed by atoms with Crippen LogP contribution in [0.3, 0.4) is 0 Å². The van der Waals surface area contributed by atoms with Gasteiger partial charge in [-0.1, -0.05) is 31.0 Å². The van der Waals surface area contributed by atoms with Crippen molar-refractivity contribution in [1.82, 2.24) is 4.90 Å². The van der Waals surface area contributed by atoms with Crippen LogP contribution in [0.4, 0.5) is 0 Å². The van der Waals surface area contributed by atoms with E-state index in [-0.39, 0.29) is 16.7 Å². The molecule has 4 nitrogen and oxygen atoms in total. The Bertz CT molecular complexity index is 520. The van der Waals surface area contributed by atoms with E-state index in [9.17, 15) is 13.2 Å². The quantitative estimate of drug-likeness (QED) is 0.805. The van der Waals surface area contributed by atoms with E-state index < -0.39 is 9.84 Å². The standard InChI is InChI=1S/C14H21NO3S/c1-4-5-10-15(13(3)16)11-19(17,18)14-8-6-12(2)7-9-14/h6-9H,4-5,10-11H2,1-3H3. The van der Waals surface area contributed by atoms with Gasteiger partial charge in [0.15, 0.2) is 9.84 Å². The molecule has 1 aromatic carbocycles. The van der Waals surface area contributed by atoms with Gasteiger partial charge in [0.25, 0.3) is 0 Å². The normalized spacial score (nSPS) is 11.3. The van der Waals surface area contributed by atoms with Gasteiger partial charge >= 0.3 is 0 Å². The number of aryl methyl sites for hydroxylation is 1. The Morgan fingerprint density at radius 2 is 1.79 bits per heavy atom. The third-order valence-electron chi connectivity index (χ3n) is 2.93. The lowest BCUT2D eigenvalue weighted by Gasteiger charge is -2.20. The first-order valence-corrected chi connectivity index (χ1v) is 8.07. The third-order valence-corrected chi connectivity index (χ3v) is 4.57. The molecule has 0 aliphatic heterocycles. The molecule has 0 spiro atoms. The number of nitrogens with zero attached hydrogens (tertiary/aromatic N) is 1. The van der Waals surface area contributed by atoms with Crippen LogP contribution in [0.25, 0.3) is 0 Å². The van der Waals surface area contributed by atoms with E-state index in [1.54, 1.807) is 24.3 Å². The van der Waals surface area contributed by atoms with Crippen LogP contribution in [0.1, 0.15) is 32.3 Å². The maximum absolute atomic E-state index is 12.2. The van der Waals surface area contributed by atoms with Gasteiger partial charge in [-0.15, -0.1) is 0 Å². The molecule has 0 fully saturated rings. The van der Waals surface area contributed by atoms with Crippen LogP contribution >= 0.6 is 0 Å². The molecule has 0 radical (unpaired) electrons. The summed E-state index contributed by atoms with van der Waals surface area (Å²) in [5, 5.41) is 0. The highest BCUT2D eigenvalue weighted by atomic mass is 32.2. The molecule has 0 aliphatic rings. The van der Waals surface area contributed by atoms with Crippen LogP contribution in [0.2, 0.25) is 0 Å². The average molecular weight is 283 g/mol. The summed E-state index contributed by atoms with van der Waals surface area (Å²) in [5.41, 5.74) is 1.01. The third kappa shape index (κ3) is 4.67. The summed E-state index contributed by atoms with van der Waals surface area (Å²) < 4.78 is 24.5. The SMILES string of the molecule is CCCCN(CS(=O)(=O)c1ccc(C)cc1)C(C)=O. The Morgan fingerprint density at radius 1 is 1.21 bits per heavy atom. The highest BCUT2D eigenvalue weighted by Gasteiger charge is 2.20. The Kier molecular flexibility index (Phi) is 5.54. The molecule has 0 heterocycles. The number of sulfone groups is 1. The van der Waals surface area contributed by atoms with Crippen molar-refractivity contribution in [3.8, 4) is 0 Å². The van der Waals surface area contributed by atoms with Crippen LogP contribution in [-0.4, -0.2) is 31.6 Å². The molecule has 0 saturated heterocycles. The van der Waals surface area contributed by atoms with Crippen molar-refractivity contribution in [2.45, 2.75) is 38.5 Å². The molecule has 0 saturated carbocycles. The van der Waals surface area contributed by atoms with Crippen LogP contribution < -0.4 is 0 Å². The molecule has 0 N–H and O–H groups in total. The van der Waals surface area contributed by atoms with Gasteiger partial charge in [0.05, 0.1) is 4.90 Å². The Balaban J connectivity index is 2.87. The van der Waals surface area contributed by atoms with Gasteiger partial charge in [0.2, 0.25) is 5.91 Å². The molecular formula is C14H21NO3S. The molecule has 1 amide bonds. The van der Waals surface area contributed by atoms with Gasteiger partial charge in [-0.25, -0.2) is 8.42 Å². The first kappa shape index (κ1) is 15.7. The summed E-state index contributed by atoms with van der Waals surface area (Å²) in [5.74, 6) is -0.449. The average Bonchev–Trinajstić information content (AvgIpc) is 2.34. The Labute approximate surface area is 115 Å². The summed E-state index contributed by atoms with van der Waals surface area (Å²) >= 11 is 0. The van der Waals surface area contributed by atoms with Crippen molar-refractivity contribution in [2.24, 2.45) is 0 Å². The maximum atomic E-state index is 12.2. The minimum Gasteiger partial charge on any atom is -0.328 e. The van der Waals surface area contributed by atoms with E-state index >= 15 is 0 Å². The van der Waals surface area contributed by atoms with Crippen molar-refractivity contribution < 1.29 is 13.2 Å². The molecule has 1 aromatic rings. The fourth-order valence-electron chi connectivity index (χ4n) is 1.69. The molecule has 5 heteroatoms. The summed E-state index contributed by atoms with van der Waals surface area (Å²) in [4.78, 5) is 13.1. The summed E-state index contributed by atoms with van der Waals surface area (Å²) in [6.45, 7) is 5.80. The van der Waals surface area contributed by atoms with Crippen molar-refractivity contribution in [3.05, 3.63) is 29.8 Å². The minimum atomic E-state index is -3.45. The number of hydrogen-bond acceptors (Lipinski definition) is 3. The van der Waals surface area contributed by atoms with E-state index in [1.165, 1.54) is 11.8 Å². The van der Waals surface area contributed by atoms with Crippen molar-refractivity contribution >= 4 is 15.7 Å². The number of carbonyl (C=O) groups is 1. The van der Waals surface area contributed by atoms with Crippen molar-refractivity contribution in [1.29, 1.82) is 0 Å². The topological polar surface area (TPSA) is 54.5 Å². The zero-order valence-corrected chi connectivity index (χ0v) is 12.5. The molecule has 0 unspecified atom stereocenters. The predicted molar refractivity (Wildman–Crippen MR) is 75.5 cm³/mol. The molecule has 0 aliphatic carbocycles. The van der Waals surface area contributed by atoms with E-state index in [2.05, 4.69) is 0 Å². The lowest BCUT2D eigenvalue weighted by molar-refractivity contribution is -0.128. The second-order valence-corrected chi connectivity index (χ2v) is 6.65. The fraction of sp³-hybridized carbons (Fsp3) is 0.500. The largest absolute Gasteiger partial charge is 0.328 e. The summed E-state index contributed by atoms with van der Waals surface area (Å²) in [7, 11) is -3.45. The van der Waals surface area contributed by atoms with Gasteiger partial charge in [0.1, 0.15) is 5.88 Å². The first-order valence-electron chi connectivity index (χ1n) is 6.41. The highest BCUT2D eigenvalue weighted by Crippen LogP contribution is 2.14. The molecule has 106 valence electrons. The maximum Gasteiger partial charge on any atom is 0.220 e. The van der Waals surface area contributed by atoms with Gasteiger partial charge < -0.3 is 4.90 Å². The Hall–Kier alpha value is -1.36. The Morgan fingerprint density at radius 3 is 2.26 bits per heavy atom.